The highest BCUT2D eigenvalue weighted by Crippen LogP contribution is 2.40. The topological polar surface area (TPSA) is 44.1 Å². The Bertz CT molecular complexity index is 204. The largest absolute Gasteiger partial charge is 0.243 e. The molecule has 0 bridgehead atoms. The zero-order chi connectivity index (χ0) is 7.78. The van der Waals surface area contributed by atoms with Gasteiger partial charge in [0, 0.05) is 13.3 Å². The fourth-order valence-electron chi connectivity index (χ4n) is 0.862. The van der Waals surface area contributed by atoms with Crippen molar-refractivity contribution < 1.29 is 4.21 Å². The van der Waals surface area contributed by atoms with Gasteiger partial charge in [0.1, 0.15) is 5.54 Å². The minimum atomic E-state index is -1.01. The van der Waals surface area contributed by atoms with Crippen molar-refractivity contribution in [1.29, 1.82) is 5.26 Å². The summed E-state index contributed by atoms with van der Waals surface area (Å²) < 4.78 is 12.5. The van der Waals surface area contributed by atoms with Crippen molar-refractivity contribution in [3.63, 3.8) is 0 Å². The number of nitrogens with zero attached hydrogens (tertiary/aromatic N) is 2. The van der Waals surface area contributed by atoms with Gasteiger partial charge in [-0.05, 0) is 12.8 Å². The molecule has 3 nitrogen and oxygen atoms in total. The molecule has 0 radical (unpaired) electrons. The number of hydrogen-bond acceptors (Lipinski definition) is 2. The zero-order valence-corrected chi connectivity index (χ0v) is 6.94. The molecule has 1 rings (SSSR count). The Morgan fingerprint density at radius 2 is 2.20 bits per heavy atom. The van der Waals surface area contributed by atoms with Crippen LogP contribution in [0.5, 0.6) is 0 Å². The molecule has 1 saturated carbocycles. The molecule has 1 atom stereocenters. The fourth-order valence-corrected chi connectivity index (χ4v) is 1.58. The summed E-state index contributed by atoms with van der Waals surface area (Å²) in [6, 6.07) is 2.17. The van der Waals surface area contributed by atoms with Gasteiger partial charge in [-0.3, -0.25) is 0 Å². The number of hydrogen-bond donors (Lipinski definition) is 0. The molecule has 0 aromatic heterocycles. The van der Waals surface area contributed by atoms with E-state index in [1.165, 1.54) is 0 Å². The molecule has 0 spiro atoms. The van der Waals surface area contributed by atoms with Gasteiger partial charge in [-0.2, -0.15) is 5.26 Å². The molecule has 56 valence electrons. The summed E-state index contributed by atoms with van der Waals surface area (Å²) in [7, 11) is 0.722. The van der Waals surface area contributed by atoms with Crippen molar-refractivity contribution in [2.24, 2.45) is 0 Å². The lowest BCUT2D eigenvalue weighted by Gasteiger charge is -2.17. The second-order valence-corrected chi connectivity index (χ2v) is 3.96. The van der Waals surface area contributed by atoms with Crippen LogP contribution in [0, 0.1) is 11.3 Å². The Kier molecular flexibility index (Phi) is 1.80. The highest BCUT2D eigenvalue weighted by molar-refractivity contribution is 7.81. The van der Waals surface area contributed by atoms with E-state index < -0.39 is 11.0 Å². The van der Waals surface area contributed by atoms with E-state index in [0.717, 1.165) is 12.8 Å². The van der Waals surface area contributed by atoms with Crippen molar-refractivity contribution in [1.82, 2.24) is 4.31 Å². The van der Waals surface area contributed by atoms with Crippen molar-refractivity contribution in [2.75, 3.05) is 13.3 Å². The molecular weight excluding hydrogens is 148 g/mol. The molecule has 0 aromatic carbocycles. The summed E-state index contributed by atoms with van der Waals surface area (Å²) in [6.07, 6.45) is 3.32. The monoisotopic (exact) mass is 158 g/mol. The van der Waals surface area contributed by atoms with Gasteiger partial charge in [0.25, 0.3) is 0 Å². The van der Waals surface area contributed by atoms with Crippen LogP contribution < -0.4 is 0 Å². The van der Waals surface area contributed by atoms with E-state index in [0.29, 0.717) is 0 Å². The van der Waals surface area contributed by atoms with E-state index >= 15 is 0 Å². The Hall–Kier alpha value is -0.400. The van der Waals surface area contributed by atoms with Crippen molar-refractivity contribution in [2.45, 2.75) is 18.4 Å². The fraction of sp³-hybridized carbons (Fsp3) is 0.833. The minimum absolute atomic E-state index is 0.389. The molecule has 1 aliphatic carbocycles. The van der Waals surface area contributed by atoms with Gasteiger partial charge in [-0.1, -0.05) is 0 Å². The molecule has 1 fully saturated rings. The third-order valence-corrected chi connectivity index (χ3v) is 3.04. The van der Waals surface area contributed by atoms with E-state index in [-0.39, 0.29) is 5.54 Å². The molecule has 4 heteroatoms. The Morgan fingerprint density at radius 1 is 1.70 bits per heavy atom. The van der Waals surface area contributed by atoms with E-state index in [2.05, 4.69) is 6.07 Å². The molecule has 0 N–H and O–H groups in total. The molecule has 0 saturated heterocycles. The van der Waals surface area contributed by atoms with Crippen LogP contribution in [-0.2, 0) is 11.0 Å². The van der Waals surface area contributed by atoms with Gasteiger partial charge in [0.15, 0.2) is 0 Å². The first kappa shape index (κ1) is 7.70. The van der Waals surface area contributed by atoms with Gasteiger partial charge >= 0.3 is 0 Å². The molecule has 0 aromatic rings. The number of nitriles is 1. The molecule has 1 unspecified atom stereocenters. The van der Waals surface area contributed by atoms with Crippen LogP contribution in [0.15, 0.2) is 0 Å². The van der Waals surface area contributed by atoms with Crippen LogP contribution >= 0.6 is 0 Å². The van der Waals surface area contributed by atoms with Gasteiger partial charge in [0.05, 0.1) is 17.1 Å². The molecule has 10 heavy (non-hydrogen) atoms. The van der Waals surface area contributed by atoms with E-state index in [1.54, 1.807) is 17.6 Å². The third-order valence-electron chi connectivity index (χ3n) is 1.92. The summed E-state index contributed by atoms with van der Waals surface area (Å²) in [5, 5.41) is 8.65. The Labute approximate surface area is 63.2 Å². The Morgan fingerprint density at radius 3 is 2.30 bits per heavy atom. The van der Waals surface area contributed by atoms with Crippen molar-refractivity contribution >= 4 is 11.0 Å². The first-order chi connectivity index (χ1) is 4.62. The van der Waals surface area contributed by atoms with Gasteiger partial charge in [-0.25, -0.2) is 8.51 Å². The summed E-state index contributed by atoms with van der Waals surface area (Å²) in [5.74, 6) is 0. The standard InChI is InChI=1S/C6H10N2OS/c1-8(10(2)9)6(5-7)3-4-6/h3-4H2,1-2H3. The maximum atomic E-state index is 10.9. The lowest BCUT2D eigenvalue weighted by Crippen LogP contribution is -2.33. The predicted molar refractivity (Wildman–Crippen MR) is 39.4 cm³/mol. The summed E-state index contributed by atoms with van der Waals surface area (Å²) >= 11 is 0. The smallest absolute Gasteiger partial charge is 0.120 e. The third kappa shape index (κ3) is 1.07. The van der Waals surface area contributed by atoms with E-state index in [9.17, 15) is 4.21 Å². The molecule has 0 aliphatic heterocycles. The zero-order valence-electron chi connectivity index (χ0n) is 6.13. The van der Waals surface area contributed by atoms with Crippen LogP contribution in [0.4, 0.5) is 0 Å². The number of rotatable bonds is 2. The maximum absolute atomic E-state index is 10.9. The second-order valence-electron chi connectivity index (χ2n) is 2.56. The van der Waals surface area contributed by atoms with Crippen LogP contribution in [0.3, 0.4) is 0 Å². The average molecular weight is 158 g/mol. The van der Waals surface area contributed by atoms with Gasteiger partial charge in [-0.15, -0.1) is 0 Å². The van der Waals surface area contributed by atoms with E-state index in [4.69, 9.17) is 5.26 Å². The molecule has 1 aliphatic rings. The van der Waals surface area contributed by atoms with Crippen molar-refractivity contribution in [3.05, 3.63) is 0 Å². The van der Waals surface area contributed by atoms with Crippen LogP contribution in [0.25, 0.3) is 0 Å². The van der Waals surface area contributed by atoms with Crippen LogP contribution in [0.2, 0.25) is 0 Å². The molecule has 0 heterocycles. The van der Waals surface area contributed by atoms with Gasteiger partial charge < -0.3 is 0 Å². The van der Waals surface area contributed by atoms with Crippen LogP contribution in [0.1, 0.15) is 12.8 Å². The lowest BCUT2D eigenvalue weighted by atomic mass is 10.3. The first-order valence-corrected chi connectivity index (χ1v) is 4.62. The van der Waals surface area contributed by atoms with Crippen LogP contribution in [-0.4, -0.2) is 27.4 Å². The first-order valence-electron chi connectivity index (χ1n) is 3.11. The maximum Gasteiger partial charge on any atom is 0.120 e. The lowest BCUT2D eigenvalue weighted by molar-refractivity contribution is 0.447. The SMILES string of the molecule is CN(S(C)=O)C1(C#N)CC1. The van der Waals surface area contributed by atoms with Gasteiger partial charge in [0.2, 0.25) is 0 Å². The highest BCUT2D eigenvalue weighted by Gasteiger charge is 2.48. The average Bonchev–Trinajstić information content (AvgIpc) is 2.66. The summed E-state index contributed by atoms with van der Waals surface area (Å²) in [6.45, 7) is 0. The second kappa shape index (κ2) is 2.33. The quantitative estimate of drug-likeness (QED) is 0.579. The predicted octanol–water partition coefficient (Wildman–Crippen LogP) is 0.268. The molecule has 0 amide bonds. The Balaban J connectivity index is 2.67. The van der Waals surface area contributed by atoms with E-state index in [1.807, 2.05) is 0 Å². The normalized spacial score (nSPS) is 23.8. The minimum Gasteiger partial charge on any atom is -0.243 e. The molecular formula is C6H10N2OS. The van der Waals surface area contributed by atoms with Crippen molar-refractivity contribution in [3.8, 4) is 6.07 Å². The summed E-state index contributed by atoms with van der Waals surface area (Å²) in [5.41, 5.74) is -0.389. The summed E-state index contributed by atoms with van der Waals surface area (Å²) in [4.78, 5) is 0. The highest BCUT2D eigenvalue weighted by atomic mass is 32.2.